The maximum Gasteiger partial charge on any atom is 0.212 e. The van der Waals surface area contributed by atoms with Gasteiger partial charge < -0.3 is 5.11 Å². The third-order valence-electron chi connectivity index (χ3n) is 3.63. The Labute approximate surface area is 127 Å². The Balaban J connectivity index is 2.04. The standard InChI is InChI=1S/C18H13NO3/c19-16-15(14(20)10-11-6-2-1-3-7-11)17(21)12-8-4-5-9-13(12)18(16)22/h1-9,19,21H,10H2. The minimum Gasteiger partial charge on any atom is -0.506 e. The molecule has 1 aliphatic rings. The van der Waals surface area contributed by atoms with E-state index >= 15 is 0 Å². The first-order chi connectivity index (χ1) is 10.6. The van der Waals surface area contributed by atoms with E-state index in [-0.39, 0.29) is 23.3 Å². The summed E-state index contributed by atoms with van der Waals surface area (Å²) in [6.07, 6.45) is 0.0397. The number of fused-ring (bicyclic) bond motifs is 1. The average Bonchev–Trinajstić information content (AvgIpc) is 2.54. The molecule has 0 aromatic heterocycles. The van der Waals surface area contributed by atoms with Gasteiger partial charge in [0.2, 0.25) is 5.78 Å². The number of hydrogen-bond acceptors (Lipinski definition) is 4. The van der Waals surface area contributed by atoms with Crippen LogP contribution < -0.4 is 0 Å². The lowest BCUT2D eigenvalue weighted by atomic mass is 9.85. The van der Waals surface area contributed by atoms with Crippen molar-refractivity contribution in [3.8, 4) is 0 Å². The molecule has 0 heterocycles. The quantitative estimate of drug-likeness (QED) is 0.912. The van der Waals surface area contributed by atoms with Gasteiger partial charge in [-0.05, 0) is 5.56 Å². The molecule has 108 valence electrons. The predicted molar refractivity (Wildman–Crippen MR) is 83.2 cm³/mol. The molecule has 0 saturated carbocycles. The first-order valence-corrected chi connectivity index (χ1v) is 6.83. The molecule has 0 amide bonds. The number of Topliss-reactive ketones (excluding diaryl/α,β-unsaturated/α-hetero) is 2. The van der Waals surface area contributed by atoms with Crippen LogP contribution in [0.4, 0.5) is 0 Å². The van der Waals surface area contributed by atoms with Crippen LogP contribution in [0, 0.1) is 5.41 Å². The number of nitrogens with one attached hydrogen (secondary N) is 1. The highest BCUT2D eigenvalue weighted by molar-refractivity contribution is 6.58. The van der Waals surface area contributed by atoms with Crippen LogP contribution >= 0.6 is 0 Å². The van der Waals surface area contributed by atoms with Crippen LogP contribution in [0.1, 0.15) is 21.5 Å². The largest absolute Gasteiger partial charge is 0.506 e. The third kappa shape index (κ3) is 2.24. The molecular weight excluding hydrogens is 278 g/mol. The number of carbonyl (C=O) groups excluding carboxylic acids is 2. The molecule has 2 aromatic carbocycles. The Morgan fingerprint density at radius 2 is 1.55 bits per heavy atom. The van der Waals surface area contributed by atoms with E-state index in [1.807, 2.05) is 18.2 Å². The van der Waals surface area contributed by atoms with Gasteiger partial charge in [0.1, 0.15) is 11.5 Å². The van der Waals surface area contributed by atoms with Crippen molar-refractivity contribution in [1.82, 2.24) is 0 Å². The first-order valence-electron chi connectivity index (χ1n) is 6.83. The molecule has 0 fully saturated rings. The van der Waals surface area contributed by atoms with E-state index in [1.54, 1.807) is 36.4 Å². The topological polar surface area (TPSA) is 78.2 Å². The minimum absolute atomic E-state index is 0.0397. The van der Waals surface area contributed by atoms with Crippen molar-refractivity contribution in [2.75, 3.05) is 0 Å². The third-order valence-corrected chi connectivity index (χ3v) is 3.63. The Hall–Kier alpha value is -3.01. The first kappa shape index (κ1) is 13.9. The highest BCUT2D eigenvalue weighted by Crippen LogP contribution is 2.28. The molecule has 1 aliphatic carbocycles. The van der Waals surface area contributed by atoms with E-state index < -0.39 is 17.3 Å². The number of hydrogen-bond donors (Lipinski definition) is 2. The summed E-state index contributed by atoms with van der Waals surface area (Å²) in [7, 11) is 0. The second kappa shape index (κ2) is 5.41. The summed E-state index contributed by atoms with van der Waals surface area (Å²) in [5.41, 5.74) is 0.678. The fourth-order valence-electron chi connectivity index (χ4n) is 2.53. The maximum absolute atomic E-state index is 12.4. The van der Waals surface area contributed by atoms with Crippen LogP contribution in [-0.4, -0.2) is 22.4 Å². The molecule has 2 aromatic rings. The van der Waals surface area contributed by atoms with Gasteiger partial charge in [0.15, 0.2) is 5.78 Å². The molecule has 0 aliphatic heterocycles. The summed E-state index contributed by atoms with van der Waals surface area (Å²) in [6, 6.07) is 15.5. The second-order valence-corrected chi connectivity index (χ2v) is 5.06. The lowest BCUT2D eigenvalue weighted by Gasteiger charge is -2.18. The molecular formula is C18H13NO3. The lowest BCUT2D eigenvalue weighted by Crippen LogP contribution is -2.28. The zero-order valence-corrected chi connectivity index (χ0v) is 11.7. The van der Waals surface area contributed by atoms with E-state index in [4.69, 9.17) is 5.41 Å². The minimum atomic E-state index is -0.537. The van der Waals surface area contributed by atoms with E-state index in [0.29, 0.717) is 5.56 Å². The van der Waals surface area contributed by atoms with Gasteiger partial charge in [0.25, 0.3) is 0 Å². The summed E-state index contributed by atoms with van der Waals surface area (Å²) < 4.78 is 0. The van der Waals surface area contributed by atoms with Crippen molar-refractivity contribution in [2.24, 2.45) is 0 Å². The number of ketones is 2. The smallest absolute Gasteiger partial charge is 0.212 e. The van der Waals surface area contributed by atoms with Crippen molar-refractivity contribution in [3.05, 3.63) is 76.9 Å². The highest BCUT2D eigenvalue weighted by atomic mass is 16.3. The number of aliphatic hydroxyl groups excluding tert-OH is 1. The van der Waals surface area contributed by atoms with Gasteiger partial charge in [-0.2, -0.15) is 0 Å². The lowest BCUT2D eigenvalue weighted by molar-refractivity contribution is -0.114. The zero-order valence-electron chi connectivity index (χ0n) is 11.7. The Morgan fingerprint density at radius 3 is 2.23 bits per heavy atom. The van der Waals surface area contributed by atoms with Gasteiger partial charge in [-0.3, -0.25) is 15.0 Å². The molecule has 2 N–H and O–H groups in total. The van der Waals surface area contributed by atoms with Crippen molar-refractivity contribution in [1.29, 1.82) is 5.41 Å². The normalized spacial score (nSPS) is 14.0. The molecule has 0 spiro atoms. The molecule has 0 radical (unpaired) electrons. The van der Waals surface area contributed by atoms with Crippen LogP contribution in [0.25, 0.3) is 5.76 Å². The van der Waals surface area contributed by atoms with Gasteiger partial charge in [-0.25, -0.2) is 0 Å². The number of allylic oxidation sites excluding steroid dienone is 1. The molecule has 0 saturated heterocycles. The fraction of sp³-hybridized carbons (Fsp3) is 0.0556. The number of aliphatic hydroxyl groups is 1. The van der Waals surface area contributed by atoms with Gasteiger partial charge in [-0.1, -0.05) is 54.6 Å². The number of carbonyl (C=O) groups is 2. The van der Waals surface area contributed by atoms with E-state index in [2.05, 4.69) is 0 Å². The Bertz CT molecular complexity index is 819. The summed E-state index contributed by atoms with van der Waals surface area (Å²) >= 11 is 0. The van der Waals surface area contributed by atoms with Gasteiger partial charge in [-0.15, -0.1) is 0 Å². The van der Waals surface area contributed by atoms with Crippen LogP contribution in [0.3, 0.4) is 0 Å². The van der Waals surface area contributed by atoms with Crippen LogP contribution in [0.2, 0.25) is 0 Å². The van der Waals surface area contributed by atoms with E-state index in [0.717, 1.165) is 5.56 Å². The van der Waals surface area contributed by atoms with Crippen molar-refractivity contribution in [3.63, 3.8) is 0 Å². The van der Waals surface area contributed by atoms with Crippen molar-refractivity contribution >= 4 is 23.0 Å². The zero-order chi connectivity index (χ0) is 15.7. The Kier molecular flexibility index (Phi) is 3.43. The Morgan fingerprint density at radius 1 is 0.955 bits per heavy atom. The molecule has 0 bridgehead atoms. The van der Waals surface area contributed by atoms with Crippen molar-refractivity contribution < 1.29 is 14.7 Å². The molecule has 0 atom stereocenters. The SMILES string of the molecule is N=C1C(=O)c2ccccc2C(O)=C1C(=O)Cc1ccccc1. The summed E-state index contributed by atoms with van der Waals surface area (Å²) in [4.78, 5) is 24.6. The molecule has 4 nitrogen and oxygen atoms in total. The fourth-order valence-corrected chi connectivity index (χ4v) is 2.53. The van der Waals surface area contributed by atoms with Gasteiger partial charge in [0, 0.05) is 17.5 Å². The summed E-state index contributed by atoms with van der Waals surface area (Å²) in [5.74, 6) is -1.26. The van der Waals surface area contributed by atoms with Crippen LogP contribution in [0.15, 0.2) is 60.2 Å². The van der Waals surface area contributed by atoms with Gasteiger partial charge in [0.05, 0.1) is 5.57 Å². The second-order valence-electron chi connectivity index (χ2n) is 5.06. The van der Waals surface area contributed by atoms with Crippen LogP contribution in [-0.2, 0) is 11.2 Å². The summed E-state index contributed by atoms with van der Waals surface area (Å²) in [6.45, 7) is 0. The van der Waals surface area contributed by atoms with Gasteiger partial charge >= 0.3 is 0 Å². The van der Waals surface area contributed by atoms with Crippen molar-refractivity contribution in [2.45, 2.75) is 6.42 Å². The maximum atomic E-state index is 12.4. The number of benzene rings is 2. The van der Waals surface area contributed by atoms with E-state index in [1.165, 1.54) is 0 Å². The number of rotatable bonds is 3. The molecule has 3 rings (SSSR count). The predicted octanol–water partition coefficient (Wildman–Crippen LogP) is 2.98. The molecule has 0 unspecified atom stereocenters. The van der Waals surface area contributed by atoms with Crippen LogP contribution in [0.5, 0.6) is 0 Å². The van der Waals surface area contributed by atoms with E-state index in [9.17, 15) is 14.7 Å². The molecule has 4 heteroatoms. The highest BCUT2D eigenvalue weighted by Gasteiger charge is 2.33. The molecule has 22 heavy (non-hydrogen) atoms. The summed E-state index contributed by atoms with van der Waals surface area (Å²) in [5, 5.41) is 18.2. The average molecular weight is 291 g/mol. The monoisotopic (exact) mass is 291 g/mol.